The summed E-state index contributed by atoms with van der Waals surface area (Å²) in [7, 11) is 0. The first-order valence-corrected chi connectivity index (χ1v) is 9.05. The number of rotatable bonds is 4. The van der Waals surface area contributed by atoms with Gasteiger partial charge in [-0.15, -0.1) is 21.5 Å². The van der Waals surface area contributed by atoms with Gasteiger partial charge >= 0.3 is 0 Å². The zero-order valence-corrected chi connectivity index (χ0v) is 14.4. The summed E-state index contributed by atoms with van der Waals surface area (Å²) in [4.78, 5) is 3.39. The molecule has 1 aromatic carbocycles. The highest BCUT2D eigenvalue weighted by molar-refractivity contribution is 7.13. The molecule has 4 nitrogen and oxygen atoms in total. The molecule has 5 heteroatoms. The normalized spacial score (nSPS) is 16.8. The van der Waals surface area contributed by atoms with E-state index < -0.39 is 0 Å². The first-order valence-electron chi connectivity index (χ1n) is 8.17. The maximum Gasteiger partial charge on any atom is 0.257 e. The van der Waals surface area contributed by atoms with Crippen LogP contribution in [0.5, 0.6) is 0 Å². The predicted molar refractivity (Wildman–Crippen MR) is 96.6 cm³/mol. The van der Waals surface area contributed by atoms with Crippen molar-refractivity contribution in [3.05, 3.63) is 65.4 Å². The van der Waals surface area contributed by atoms with Crippen LogP contribution in [0, 0.1) is 0 Å². The molecule has 0 amide bonds. The molecule has 0 radical (unpaired) electrons. The molecule has 0 N–H and O–H groups in total. The minimum Gasteiger partial charge on any atom is -0.418 e. The lowest BCUT2D eigenvalue weighted by Crippen LogP contribution is -2.31. The van der Waals surface area contributed by atoms with Gasteiger partial charge in [0.2, 0.25) is 5.89 Å². The Hall–Kier alpha value is -2.24. The molecule has 1 aliphatic rings. The van der Waals surface area contributed by atoms with Crippen LogP contribution in [0.25, 0.3) is 16.3 Å². The van der Waals surface area contributed by atoms with E-state index in [-0.39, 0.29) is 6.04 Å². The van der Waals surface area contributed by atoms with E-state index in [2.05, 4.69) is 58.4 Å². The van der Waals surface area contributed by atoms with Crippen molar-refractivity contribution in [2.24, 2.45) is 0 Å². The highest BCUT2D eigenvalue weighted by atomic mass is 32.1. The summed E-state index contributed by atoms with van der Waals surface area (Å²) >= 11 is 1.62. The molecule has 0 bridgehead atoms. The zero-order valence-electron chi connectivity index (χ0n) is 13.6. The fourth-order valence-corrected chi connectivity index (χ4v) is 3.65. The molecule has 3 heterocycles. The Bertz CT molecular complexity index is 823. The lowest BCUT2D eigenvalue weighted by atomic mass is 9.99. The van der Waals surface area contributed by atoms with Crippen LogP contribution in [0.3, 0.4) is 0 Å². The number of hydrogen-bond donors (Lipinski definition) is 0. The quantitative estimate of drug-likeness (QED) is 0.695. The smallest absolute Gasteiger partial charge is 0.257 e. The molecule has 24 heavy (non-hydrogen) atoms. The van der Waals surface area contributed by atoms with Crippen LogP contribution in [-0.2, 0) is 0 Å². The second-order valence-corrected chi connectivity index (χ2v) is 6.89. The van der Waals surface area contributed by atoms with Gasteiger partial charge in [-0.1, -0.05) is 42.5 Å². The zero-order chi connectivity index (χ0) is 16.4. The summed E-state index contributed by atoms with van der Waals surface area (Å²) in [5, 5.41) is 10.5. The van der Waals surface area contributed by atoms with Crippen LogP contribution in [0.1, 0.15) is 30.8 Å². The molecule has 0 fully saturated rings. The number of benzene rings is 1. The summed E-state index contributed by atoms with van der Waals surface area (Å²) < 4.78 is 5.88. The van der Waals surface area contributed by atoms with E-state index in [1.807, 2.05) is 17.5 Å². The Morgan fingerprint density at radius 2 is 2.00 bits per heavy atom. The molecule has 3 aromatic rings. The molecule has 1 atom stereocenters. The minimum absolute atomic E-state index is 0.125. The summed E-state index contributed by atoms with van der Waals surface area (Å²) in [6.45, 7) is 4.04. The Labute approximate surface area is 145 Å². The van der Waals surface area contributed by atoms with Gasteiger partial charge in [0.1, 0.15) is 0 Å². The molecule has 122 valence electrons. The first-order chi connectivity index (χ1) is 11.8. The maximum absolute atomic E-state index is 5.88. The third kappa shape index (κ3) is 3.05. The number of hydrogen-bond acceptors (Lipinski definition) is 5. The molecule has 0 aliphatic carbocycles. The van der Waals surface area contributed by atoms with Gasteiger partial charge in [-0.25, -0.2) is 0 Å². The molecule has 0 unspecified atom stereocenters. The molecular weight excluding hydrogens is 318 g/mol. The van der Waals surface area contributed by atoms with E-state index in [0.29, 0.717) is 11.8 Å². The van der Waals surface area contributed by atoms with Crippen molar-refractivity contribution in [3.8, 4) is 10.8 Å². The van der Waals surface area contributed by atoms with Crippen molar-refractivity contribution >= 4 is 16.9 Å². The Kier molecular flexibility index (Phi) is 4.28. The van der Waals surface area contributed by atoms with Crippen LogP contribution in [0.2, 0.25) is 0 Å². The van der Waals surface area contributed by atoms with Gasteiger partial charge in [-0.2, -0.15) is 0 Å². The van der Waals surface area contributed by atoms with Gasteiger partial charge in [-0.05, 0) is 35.9 Å². The van der Waals surface area contributed by atoms with Crippen molar-refractivity contribution in [1.82, 2.24) is 15.1 Å². The van der Waals surface area contributed by atoms with Crippen LogP contribution in [0.15, 0.2) is 58.3 Å². The van der Waals surface area contributed by atoms with E-state index >= 15 is 0 Å². The molecule has 0 spiro atoms. The second kappa shape index (κ2) is 6.71. The fourth-order valence-electron chi connectivity index (χ4n) is 3.01. The van der Waals surface area contributed by atoms with Gasteiger partial charge in [0.15, 0.2) is 0 Å². The lowest BCUT2D eigenvalue weighted by molar-refractivity contribution is 0.202. The molecule has 4 rings (SSSR count). The van der Waals surface area contributed by atoms with Gasteiger partial charge < -0.3 is 4.42 Å². The van der Waals surface area contributed by atoms with E-state index in [4.69, 9.17) is 4.42 Å². The van der Waals surface area contributed by atoms with Crippen molar-refractivity contribution in [3.63, 3.8) is 0 Å². The fraction of sp³-hybridized carbons (Fsp3) is 0.263. The minimum atomic E-state index is 0.125. The van der Waals surface area contributed by atoms with Gasteiger partial charge in [0.05, 0.1) is 10.9 Å². The highest BCUT2D eigenvalue weighted by Crippen LogP contribution is 2.29. The lowest BCUT2D eigenvalue weighted by Gasteiger charge is -2.29. The first kappa shape index (κ1) is 15.3. The van der Waals surface area contributed by atoms with Crippen molar-refractivity contribution in [2.75, 3.05) is 13.1 Å². The second-order valence-electron chi connectivity index (χ2n) is 5.94. The predicted octanol–water partition coefficient (Wildman–Crippen LogP) is 4.65. The summed E-state index contributed by atoms with van der Waals surface area (Å²) in [6.07, 6.45) is 3.35. The van der Waals surface area contributed by atoms with E-state index in [0.717, 1.165) is 24.4 Å². The molecule has 2 aromatic heterocycles. The van der Waals surface area contributed by atoms with Gasteiger partial charge in [0, 0.05) is 13.1 Å². The molecular formula is C19H19N3OS. The van der Waals surface area contributed by atoms with Crippen LogP contribution in [0.4, 0.5) is 0 Å². The van der Waals surface area contributed by atoms with Gasteiger partial charge in [0.25, 0.3) is 5.89 Å². The Morgan fingerprint density at radius 3 is 2.71 bits per heavy atom. The van der Waals surface area contributed by atoms with Crippen LogP contribution in [-0.4, -0.2) is 28.2 Å². The Balaban J connectivity index is 1.46. The molecule has 1 aliphatic heterocycles. The standard InChI is InChI=1S/C19H19N3OS/c1-14(18-20-21-19(23-18)17-8-5-13-24-17)22-11-9-16(10-12-22)15-6-3-2-4-7-15/h2-9,13-14H,10-12H2,1H3/t14-/m1/s1. The topological polar surface area (TPSA) is 42.2 Å². The highest BCUT2D eigenvalue weighted by Gasteiger charge is 2.24. The average molecular weight is 337 g/mol. The SMILES string of the molecule is C[C@H](c1nnc(-c2cccs2)o1)N1CC=C(c2ccccc2)CC1. The van der Waals surface area contributed by atoms with Crippen molar-refractivity contribution < 1.29 is 4.42 Å². The van der Waals surface area contributed by atoms with Gasteiger partial charge in [-0.3, -0.25) is 4.90 Å². The number of nitrogens with zero attached hydrogens (tertiary/aromatic N) is 3. The largest absolute Gasteiger partial charge is 0.418 e. The Morgan fingerprint density at radius 1 is 1.12 bits per heavy atom. The molecule has 0 saturated heterocycles. The van der Waals surface area contributed by atoms with Crippen LogP contribution >= 0.6 is 11.3 Å². The molecule has 0 saturated carbocycles. The summed E-state index contributed by atoms with van der Waals surface area (Å²) in [6, 6.07) is 14.7. The van der Waals surface area contributed by atoms with E-state index in [1.54, 1.807) is 11.3 Å². The summed E-state index contributed by atoms with van der Waals surface area (Å²) in [5.74, 6) is 1.30. The van der Waals surface area contributed by atoms with E-state index in [1.165, 1.54) is 11.1 Å². The average Bonchev–Trinajstić information content (AvgIpc) is 3.33. The van der Waals surface area contributed by atoms with Crippen LogP contribution < -0.4 is 0 Å². The van der Waals surface area contributed by atoms with Crippen molar-refractivity contribution in [1.29, 1.82) is 0 Å². The van der Waals surface area contributed by atoms with Crippen molar-refractivity contribution in [2.45, 2.75) is 19.4 Å². The number of thiophene rings is 1. The third-order valence-electron chi connectivity index (χ3n) is 4.46. The summed E-state index contributed by atoms with van der Waals surface area (Å²) in [5.41, 5.74) is 2.74. The monoisotopic (exact) mass is 337 g/mol. The number of aromatic nitrogens is 2. The maximum atomic E-state index is 5.88. The third-order valence-corrected chi connectivity index (χ3v) is 5.32. The van der Waals surface area contributed by atoms with E-state index in [9.17, 15) is 0 Å².